The molecular weight excluding hydrogens is 480 g/mol. The number of carbonyl (C=O) groups excluding carboxylic acids is 2. The van der Waals surface area contributed by atoms with Gasteiger partial charge < -0.3 is 19.9 Å². The van der Waals surface area contributed by atoms with Gasteiger partial charge in [-0.25, -0.2) is 0 Å². The number of phenols is 1. The number of hydrogen-bond acceptors (Lipinski definition) is 8. The predicted octanol–water partition coefficient (Wildman–Crippen LogP) is 2.10. The van der Waals surface area contributed by atoms with Gasteiger partial charge in [0.25, 0.3) is 0 Å². The van der Waals surface area contributed by atoms with Crippen molar-refractivity contribution in [3.63, 3.8) is 0 Å². The molecule has 1 aromatic heterocycles. The molecule has 2 bridgehead atoms. The summed E-state index contributed by atoms with van der Waals surface area (Å²) in [6.45, 7) is 1.61. The molecule has 0 radical (unpaired) electrons. The van der Waals surface area contributed by atoms with Crippen LogP contribution in [0, 0.1) is 29.6 Å². The lowest BCUT2D eigenvalue weighted by atomic mass is 9.68. The highest BCUT2D eigenvalue weighted by atomic mass is 32.2. The van der Waals surface area contributed by atoms with Gasteiger partial charge in [0, 0.05) is 16.0 Å². The lowest BCUT2D eigenvalue weighted by Gasteiger charge is -2.43. The number of nitrogens with one attached hydrogen (secondary N) is 1. The number of aromatic hydroxyl groups is 1. The topological polar surface area (TPSA) is 137 Å². The van der Waals surface area contributed by atoms with Crippen molar-refractivity contribution in [2.75, 3.05) is 13.2 Å². The molecule has 34 heavy (non-hydrogen) atoms. The third kappa shape index (κ3) is 2.92. The second-order valence-corrected chi connectivity index (χ2v) is 11.5. The molecule has 11 heteroatoms. The molecule has 3 heterocycles. The number of hydrogen-bond donors (Lipinski definition) is 3. The number of aliphatic carboxylic acids is 1. The van der Waals surface area contributed by atoms with Crippen LogP contribution in [0.2, 0.25) is 0 Å². The van der Waals surface area contributed by atoms with E-state index in [0.717, 1.165) is 38.1 Å². The maximum atomic E-state index is 13.2. The number of likely N-dealkylation sites (tertiary alicyclic amines) is 1. The van der Waals surface area contributed by atoms with Crippen LogP contribution < -0.4 is 9.61 Å². The second kappa shape index (κ2) is 7.61. The first-order valence-electron chi connectivity index (χ1n) is 11.2. The first-order valence-corrected chi connectivity index (χ1v) is 12.9. The number of H-pyrrole nitrogens is 1. The van der Waals surface area contributed by atoms with Gasteiger partial charge in [0.05, 0.1) is 23.5 Å². The standard InChI is InChI=1S/C23H22N2O7S2/c1-2-32-12-5-8(3-4-11(12)26)14-15-9-6-10(18(15)33-20-19(14)34-23(31)24-20)17-16(9)21(29)25(22(17)30)7-13(27)28/h3-5,9-10,14-18,26H,2,6-7H2,1H3,(H,24,31)(H,27,28)/t9-,10+,14-,15+,16-,17-,18-/m1/s1. The van der Waals surface area contributed by atoms with E-state index >= 15 is 0 Å². The summed E-state index contributed by atoms with van der Waals surface area (Å²) in [6, 6.07) is 5.21. The van der Waals surface area contributed by atoms with E-state index in [-0.39, 0.29) is 51.4 Å². The summed E-state index contributed by atoms with van der Waals surface area (Å²) >= 11 is 2.72. The van der Waals surface area contributed by atoms with Gasteiger partial charge in [0.1, 0.15) is 6.54 Å². The Morgan fingerprint density at radius 2 is 1.94 bits per heavy atom. The Bertz CT molecular complexity index is 1290. The molecule has 2 aliphatic heterocycles. The van der Waals surface area contributed by atoms with Crippen molar-refractivity contribution >= 4 is 40.9 Å². The Hall–Kier alpha value is -2.79. The molecule has 2 aromatic rings. The van der Waals surface area contributed by atoms with Gasteiger partial charge in [-0.3, -0.25) is 24.1 Å². The van der Waals surface area contributed by atoms with Crippen molar-refractivity contribution in [1.29, 1.82) is 0 Å². The van der Waals surface area contributed by atoms with Gasteiger partial charge in [-0.05, 0) is 48.8 Å². The SMILES string of the molecule is CCOc1cc([C@H]2c3sc(=O)[nH]c3S[C@@H]3[C@H]4C[C@@H]([C@H]5C(=O)N(CC(=O)O)C(=O)[C@H]45)[C@@H]23)ccc1O. The van der Waals surface area contributed by atoms with Crippen LogP contribution in [0.3, 0.4) is 0 Å². The molecule has 9 nitrogen and oxygen atoms in total. The van der Waals surface area contributed by atoms with Crippen molar-refractivity contribution in [1.82, 2.24) is 9.88 Å². The van der Waals surface area contributed by atoms with E-state index in [2.05, 4.69) is 4.98 Å². The van der Waals surface area contributed by atoms with E-state index in [1.807, 2.05) is 13.0 Å². The highest BCUT2D eigenvalue weighted by Crippen LogP contribution is 2.68. The maximum Gasteiger partial charge on any atom is 0.323 e. The number of benzene rings is 1. The monoisotopic (exact) mass is 502 g/mol. The maximum absolute atomic E-state index is 13.2. The Morgan fingerprint density at radius 1 is 1.21 bits per heavy atom. The van der Waals surface area contributed by atoms with Gasteiger partial charge >= 0.3 is 10.8 Å². The highest BCUT2D eigenvalue weighted by molar-refractivity contribution is 8.00. The normalized spacial score (nSPS) is 33.1. The number of fused-ring (bicyclic) bond motifs is 9. The molecule has 178 valence electrons. The van der Waals surface area contributed by atoms with E-state index in [0.29, 0.717) is 12.4 Å². The van der Waals surface area contributed by atoms with Crippen LogP contribution in [0.5, 0.6) is 11.5 Å². The number of phenolic OH excluding ortho intramolecular Hbond substituents is 1. The summed E-state index contributed by atoms with van der Waals surface area (Å²) in [5.74, 6) is -2.97. The van der Waals surface area contributed by atoms with Crippen molar-refractivity contribution in [2.45, 2.75) is 29.5 Å². The van der Waals surface area contributed by atoms with Crippen molar-refractivity contribution < 1.29 is 29.3 Å². The van der Waals surface area contributed by atoms with Gasteiger partial charge in [-0.15, -0.1) is 11.8 Å². The minimum atomic E-state index is -1.20. The van der Waals surface area contributed by atoms with Crippen LogP contribution in [0.4, 0.5) is 0 Å². The van der Waals surface area contributed by atoms with E-state index in [1.54, 1.807) is 23.9 Å². The van der Waals surface area contributed by atoms with Crippen LogP contribution in [0.1, 0.15) is 29.7 Å². The molecular formula is C23H22N2O7S2. The van der Waals surface area contributed by atoms with Gasteiger partial charge in [0.2, 0.25) is 11.8 Å². The lowest BCUT2D eigenvalue weighted by Crippen LogP contribution is -2.42. The fourth-order valence-corrected chi connectivity index (χ4v) is 9.63. The van der Waals surface area contributed by atoms with E-state index in [4.69, 9.17) is 4.74 Å². The third-order valence-electron chi connectivity index (χ3n) is 7.75. The number of amides is 2. The number of thioether (sulfide) groups is 1. The molecule has 1 aromatic carbocycles. The zero-order valence-electron chi connectivity index (χ0n) is 18.1. The molecule has 3 fully saturated rings. The Kier molecular flexibility index (Phi) is 4.86. The molecule has 3 N–H and O–H groups in total. The zero-order valence-corrected chi connectivity index (χ0v) is 19.7. The Morgan fingerprint density at radius 3 is 2.65 bits per heavy atom. The summed E-state index contributed by atoms with van der Waals surface area (Å²) in [7, 11) is 0. The van der Waals surface area contributed by atoms with Gasteiger partial charge in [0.15, 0.2) is 11.5 Å². The van der Waals surface area contributed by atoms with Gasteiger partial charge in [-0.2, -0.15) is 0 Å². The number of carbonyl (C=O) groups is 3. The number of nitrogens with zero attached hydrogens (tertiary/aromatic N) is 1. The van der Waals surface area contributed by atoms with Crippen LogP contribution >= 0.6 is 23.1 Å². The summed E-state index contributed by atoms with van der Waals surface area (Å²) in [5.41, 5.74) is 0.885. The fraction of sp³-hybridized carbons (Fsp3) is 0.478. The summed E-state index contributed by atoms with van der Waals surface area (Å²) in [6.07, 6.45) is 0.724. The average Bonchev–Trinajstić information content (AvgIpc) is 3.51. The average molecular weight is 503 g/mol. The van der Waals surface area contributed by atoms with Crippen LogP contribution in [0.25, 0.3) is 0 Å². The number of aromatic nitrogens is 1. The number of thiazole rings is 1. The fourth-order valence-electron chi connectivity index (χ4n) is 6.74. The molecule has 7 atom stereocenters. The van der Waals surface area contributed by atoms with Crippen LogP contribution in [0.15, 0.2) is 28.0 Å². The molecule has 1 saturated heterocycles. The number of aromatic amines is 1. The largest absolute Gasteiger partial charge is 0.504 e. The number of ether oxygens (including phenoxy) is 1. The minimum absolute atomic E-state index is 0.00394. The number of imide groups is 1. The van der Waals surface area contributed by atoms with Crippen LogP contribution in [-0.4, -0.2) is 56.3 Å². The van der Waals surface area contributed by atoms with Crippen molar-refractivity contribution in [3.8, 4) is 11.5 Å². The predicted molar refractivity (Wildman–Crippen MR) is 122 cm³/mol. The van der Waals surface area contributed by atoms with Gasteiger partial charge in [-0.1, -0.05) is 17.4 Å². The minimum Gasteiger partial charge on any atom is -0.504 e. The Balaban J connectivity index is 1.45. The molecule has 2 amide bonds. The zero-order chi connectivity index (χ0) is 23.9. The number of rotatable bonds is 5. The summed E-state index contributed by atoms with van der Waals surface area (Å²) in [4.78, 5) is 54.5. The van der Waals surface area contributed by atoms with Crippen molar-refractivity contribution in [2.24, 2.45) is 29.6 Å². The van der Waals surface area contributed by atoms with Crippen LogP contribution in [-0.2, 0) is 14.4 Å². The highest BCUT2D eigenvalue weighted by Gasteiger charge is 2.69. The van der Waals surface area contributed by atoms with Crippen molar-refractivity contribution in [3.05, 3.63) is 38.3 Å². The quantitative estimate of drug-likeness (QED) is 0.529. The first kappa shape index (κ1) is 21.7. The second-order valence-electron chi connectivity index (χ2n) is 9.28. The number of carboxylic acids is 1. The molecule has 0 unspecified atom stereocenters. The molecule has 2 aliphatic carbocycles. The van der Waals surface area contributed by atoms with E-state index < -0.39 is 24.3 Å². The van der Waals surface area contributed by atoms with E-state index in [9.17, 15) is 29.4 Å². The number of carboxylic acid groups (broad SMARTS) is 1. The third-order valence-corrected chi connectivity index (χ3v) is 10.3. The molecule has 4 aliphatic rings. The smallest absolute Gasteiger partial charge is 0.323 e. The lowest BCUT2D eigenvalue weighted by molar-refractivity contribution is -0.149. The molecule has 0 spiro atoms. The Labute approximate surface area is 202 Å². The first-order chi connectivity index (χ1) is 16.3. The van der Waals surface area contributed by atoms with E-state index in [1.165, 1.54) is 0 Å². The molecule has 6 rings (SSSR count). The summed E-state index contributed by atoms with van der Waals surface area (Å²) < 4.78 is 5.60. The molecule has 2 saturated carbocycles. The summed E-state index contributed by atoms with van der Waals surface area (Å²) in [5, 5.41) is 20.2.